The van der Waals surface area contributed by atoms with Gasteiger partial charge >= 0.3 is 6.18 Å². The molecule has 1 N–H and O–H groups in total. The summed E-state index contributed by atoms with van der Waals surface area (Å²) in [7, 11) is 0. The maximum Gasteiger partial charge on any atom is 0.416 e. The molecule has 2 aromatic carbocycles. The number of rotatable bonds is 4. The predicted octanol–water partition coefficient (Wildman–Crippen LogP) is 4.58. The van der Waals surface area contributed by atoms with Crippen molar-refractivity contribution in [2.75, 3.05) is 0 Å². The van der Waals surface area contributed by atoms with E-state index in [1.54, 1.807) is 12.1 Å². The summed E-state index contributed by atoms with van der Waals surface area (Å²) in [5.41, 5.74) is 1.24. The number of nitrogens with one attached hydrogen (secondary N) is 1. The number of halogens is 3. The number of hydrogen-bond acceptors (Lipinski definition) is 1. The Kier molecular flexibility index (Phi) is 4.35. The molecule has 0 atom stereocenters. The average molecular weight is 344 g/mol. The minimum Gasteiger partial charge on any atom is -0.342 e. The SMILES string of the molecule is C=CNC(=O)c1cccc2ccn(Cc3ccc(C(F)(F)F)cc3)c12. The van der Waals surface area contributed by atoms with E-state index in [2.05, 4.69) is 11.9 Å². The van der Waals surface area contributed by atoms with E-state index in [0.717, 1.165) is 23.0 Å². The van der Waals surface area contributed by atoms with Crippen LogP contribution in [0.25, 0.3) is 10.9 Å². The summed E-state index contributed by atoms with van der Waals surface area (Å²) in [6, 6.07) is 12.2. The molecule has 0 saturated carbocycles. The van der Waals surface area contributed by atoms with Gasteiger partial charge in [0.2, 0.25) is 0 Å². The van der Waals surface area contributed by atoms with Crippen molar-refractivity contribution in [1.29, 1.82) is 0 Å². The highest BCUT2D eigenvalue weighted by atomic mass is 19.4. The Labute approximate surface area is 142 Å². The van der Waals surface area contributed by atoms with E-state index in [9.17, 15) is 18.0 Å². The molecule has 0 unspecified atom stereocenters. The number of para-hydroxylation sites is 1. The van der Waals surface area contributed by atoms with Gasteiger partial charge in [-0.3, -0.25) is 4.79 Å². The number of carbonyl (C=O) groups excluding carboxylic acids is 1. The van der Waals surface area contributed by atoms with Gasteiger partial charge in [0.15, 0.2) is 0 Å². The van der Waals surface area contributed by atoms with E-state index >= 15 is 0 Å². The summed E-state index contributed by atoms with van der Waals surface area (Å²) in [4.78, 5) is 12.2. The van der Waals surface area contributed by atoms with Gasteiger partial charge in [0.1, 0.15) is 0 Å². The third-order valence-electron chi connectivity index (χ3n) is 3.90. The van der Waals surface area contributed by atoms with Crippen LogP contribution in [-0.2, 0) is 12.7 Å². The van der Waals surface area contributed by atoms with Crippen molar-refractivity contribution < 1.29 is 18.0 Å². The van der Waals surface area contributed by atoms with Gasteiger partial charge in [0.25, 0.3) is 5.91 Å². The van der Waals surface area contributed by atoms with E-state index in [1.165, 1.54) is 18.3 Å². The van der Waals surface area contributed by atoms with Gasteiger partial charge in [-0.05, 0) is 36.0 Å². The van der Waals surface area contributed by atoms with Crippen molar-refractivity contribution >= 4 is 16.8 Å². The van der Waals surface area contributed by atoms with Crippen LogP contribution in [-0.4, -0.2) is 10.5 Å². The van der Waals surface area contributed by atoms with Crippen LogP contribution in [0.1, 0.15) is 21.5 Å². The molecule has 3 aromatic rings. The topological polar surface area (TPSA) is 34.0 Å². The first-order valence-electron chi connectivity index (χ1n) is 7.56. The Morgan fingerprint density at radius 1 is 1.12 bits per heavy atom. The minimum atomic E-state index is -4.35. The van der Waals surface area contributed by atoms with E-state index in [-0.39, 0.29) is 5.91 Å². The fourth-order valence-electron chi connectivity index (χ4n) is 2.74. The number of fused-ring (bicyclic) bond motifs is 1. The smallest absolute Gasteiger partial charge is 0.342 e. The molecule has 1 aromatic heterocycles. The number of alkyl halides is 3. The zero-order valence-corrected chi connectivity index (χ0v) is 13.2. The van der Waals surface area contributed by atoms with Crippen molar-refractivity contribution in [1.82, 2.24) is 9.88 Å². The standard InChI is InChI=1S/C19H15F3N2O/c1-2-23-18(25)16-5-3-4-14-10-11-24(17(14)16)12-13-6-8-15(9-7-13)19(20,21)22/h2-11H,1,12H2,(H,23,25). The third kappa shape index (κ3) is 3.42. The molecule has 1 heterocycles. The number of amides is 1. The number of nitrogens with zero attached hydrogens (tertiary/aromatic N) is 1. The Morgan fingerprint density at radius 2 is 1.84 bits per heavy atom. The van der Waals surface area contributed by atoms with E-state index in [0.29, 0.717) is 17.7 Å². The highest BCUT2D eigenvalue weighted by Crippen LogP contribution is 2.29. The molecule has 0 bridgehead atoms. The molecule has 0 spiro atoms. The third-order valence-corrected chi connectivity index (χ3v) is 3.90. The Morgan fingerprint density at radius 3 is 2.48 bits per heavy atom. The lowest BCUT2D eigenvalue weighted by molar-refractivity contribution is -0.137. The van der Waals surface area contributed by atoms with Crippen molar-refractivity contribution in [2.24, 2.45) is 0 Å². The first kappa shape index (κ1) is 16.8. The Balaban J connectivity index is 1.97. The largest absolute Gasteiger partial charge is 0.416 e. The summed E-state index contributed by atoms with van der Waals surface area (Å²) in [6.45, 7) is 3.84. The van der Waals surface area contributed by atoms with Crippen LogP contribution in [0.2, 0.25) is 0 Å². The van der Waals surface area contributed by atoms with Crippen LogP contribution >= 0.6 is 0 Å². The highest BCUT2D eigenvalue weighted by Gasteiger charge is 2.29. The van der Waals surface area contributed by atoms with Gasteiger partial charge in [-0.15, -0.1) is 0 Å². The molecule has 0 fully saturated rings. The lowest BCUT2D eigenvalue weighted by Gasteiger charge is -2.11. The van der Waals surface area contributed by atoms with E-state index in [4.69, 9.17) is 0 Å². The second kappa shape index (κ2) is 6.47. The summed E-state index contributed by atoms with van der Waals surface area (Å²) >= 11 is 0. The van der Waals surface area contributed by atoms with Crippen LogP contribution in [0.5, 0.6) is 0 Å². The molecule has 128 valence electrons. The average Bonchev–Trinajstić information content (AvgIpc) is 2.98. The fourth-order valence-corrected chi connectivity index (χ4v) is 2.74. The van der Waals surface area contributed by atoms with Crippen LogP contribution in [0, 0.1) is 0 Å². The quantitative estimate of drug-likeness (QED) is 0.738. The predicted molar refractivity (Wildman–Crippen MR) is 90.1 cm³/mol. The van der Waals surface area contributed by atoms with Crippen molar-refractivity contribution in [2.45, 2.75) is 12.7 Å². The number of carbonyl (C=O) groups is 1. The van der Waals surface area contributed by atoms with Crippen molar-refractivity contribution in [3.8, 4) is 0 Å². The molecular weight excluding hydrogens is 329 g/mol. The van der Waals surface area contributed by atoms with Gasteiger partial charge < -0.3 is 9.88 Å². The number of benzene rings is 2. The van der Waals surface area contributed by atoms with Gasteiger partial charge in [-0.2, -0.15) is 13.2 Å². The maximum absolute atomic E-state index is 12.7. The van der Waals surface area contributed by atoms with Crippen LogP contribution in [0.4, 0.5) is 13.2 Å². The number of hydrogen-bond donors (Lipinski definition) is 1. The first-order chi connectivity index (χ1) is 11.9. The summed E-state index contributed by atoms with van der Waals surface area (Å²) in [5, 5.41) is 3.42. The van der Waals surface area contributed by atoms with Crippen molar-refractivity contribution in [3.63, 3.8) is 0 Å². The van der Waals surface area contributed by atoms with Gasteiger partial charge in [0, 0.05) is 18.1 Å². The molecule has 3 rings (SSSR count). The van der Waals surface area contributed by atoms with Gasteiger partial charge in [0.05, 0.1) is 16.6 Å². The fraction of sp³-hybridized carbons (Fsp3) is 0.105. The van der Waals surface area contributed by atoms with Crippen molar-refractivity contribution in [3.05, 3.63) is 84.2 Å². The zero-order chi connectivity index (χ0) is 18.0. The second-order valence-electron chi connectivity index (χ2n) is 5.56. The Hall–Kier alpha value is -3.02. The van der Waals surface area contributed by atoms with Gasteiger partial charge in [-0.25, -0.2) is 0 Å². The molecular formula is C19H15F3N2O. The Bertz CT molecular complexity index is 924. The molecule has 0 radical (unpaired) electrons. The summed E-state index contributed by atoms with van der Waals surface area (Å²) in [6.07, 6.45) is -1.23. The first-order valence-corrected chi connectivity index (χ1v) is 7.56. The molecule has 0 saturated heterocycles. The van der Waals surface area contributed by atoms with Crippen LogP contribution in [0.15, 0.2) is 67.5 Å². The molecule has 1 amide bonds. The minimum absolute atomic E-state index is 0.284. The molecule has 6 heteroatoms. The molecule has 25 heavy (non-hydrogen) atoms. The molecule has 3 nitrogen and oxygen atoms in total. The normalized spacial score (nSPS) is 11.5. The van der Waals surface area contributed by atoms with E-state index < -0.39 is 11.7 Å². The second-order valence-corrected chi connectivity index (χ2v) is 5.56. The summed E-state index contributed by atoms with van der Waals surface area (Å²) < 4.78 is 39.8. The summed E-state index contributed by atoms with van der Waals surface area (Å²) in [5.74, 6) is -0.284. The lowest BCUT2D eigenvalue weighted by Crippen LogP contribution is -2.17. The monoisotopic (exact) mass is 344 g/mol. The van der Waals surface area contributed by atoms with Crippen LogP contribution in [0.3, 0.4) is 0 Å². The van der Waals surface area contributed by atoms with Gasteiger partial charge in [-0.1, -0.05) is 30.8 Å². The maximum atomic E-state index is 12.7. The zero-order valence-electron chi connectivity index (χ0n) is 13.2. The van der Waals surface area contributed by atoms with Crippen LogP contribution < -0.4 is 5.32 Å². The molecule has 0 aliphatic carbocycles. The lowest BCUT2D eigenvalue weighted by atomic mass is 10.1. The molecule has 0 aliphatic heterocycles. The number of aromatic nitrogens is 1. The van der Waals surface area contributed by atoms with E-state index in [1.807, 2.05) is 22.9 Å². The molecule has 0 aliphatic rings. The highest BCUT2D eigenvalue weighted by molar-refractivity contribution is 6.06.